The van der Waals surface area contributed by atoms with Gasteiger partial charge in [0, 0.05) is 25.3 Å². The van der Waals surface area contributed by atoms with Crippen molar-refractivity contribution in [1.29, 1.82) is 0 Å². The average Bonchev–Trinajstić information content (AvgIpc) is 2.37. The van der Waals surface area contributed by atoms with Crippen LogP contribution in [0.2, 0.25) is 0 Å². The second kappa shape index (κ2) is 6.59. The van der Waals surface area contributed by atoms with Crippen LogP contribution in [0, 0.1) is 0 Å². The highest BCUT2D eigenvalue weighted by atomic mass is 15.2. The summed E-state index contributed by atoms with van der Waals surface area (Å²) in [5, 5.41) is 3.37. The number of hydrogen-bond acceptors (Lipinski definition) is 4. The van der Waals surface area contributed by atoms with E-state index in [4.69, 9.17) is 5.73 Å². The number of piperidine rings is 1. The van der Waals surface area contributed by atoms with Gasteiger partial charge in [0.25, 0.3) is 0 Å². The minimum atomic E-state index is 0.713. The van der Waals surface area contributed by atoms with E-state index in [9.17, 15) is 0 Å². The molecule has 18 heavy (non-hydrogen) atoms. The molecule has 2 rings (SSSR count). The van der Waals surface area contributed by atoms with Crippen molar-refractivity contribution in [2.45, 2.75) is 38.6 Å². The Kier molecular flexibility index (Phi) is 4.81. The van der Waals surface area contributed by atoms with E-state index in [0.717, 1.165) is 18.3 Å². The molecule has 1 fully saturated rings. The highest BCUT2D eigenvalue weighted by molar-refractivity contribution is 5.51. The lowest BCUT2D eigenvalue weighted by atomic mass is 10.0. The zero-order chi connectivity index (χ0) is 12.8. The number of nitrogens with one attached hydrogen (secondary N) is 1. The number of nitrogens with two attached hydrogens (primary N) is 1. The fourth-order valence-electron chi connectivity index (χ4n) is 2.56. The average molecular weight is 248 g/mol. The molecule has 1 aromatic rings. The fraction of sp³-hybridized carbons (Fsp3) is 0.643. The topological polar surface area (TPSA) is 54.2 Å². The maximum atomic E-state index is 5.69. The van der Waals surface area contributed by atoms with Gasteiger partial charge in [0.05, 0.1) is 17.6 Å². The van der Waals surface area contributed by atoms with Crippen molar-refractivity contribution in [3.05, 3.63) is 18.5 Å². The molecule has 1 unspecified atom stereocenters. The van der Waals surface area contributed by atoms with E-state index in [1.807, 2.05) is 12.3 Å². The van der Waals surface area contributed by atoms with Gasteiger partial charge < -0.3 is 16.0 Å². The first-order valence-electron chi connectivity index (χ1n) is 6.94. The molecule has 1 aliphatic heterocycles. The summed E-state index contributed by atoms with van der Waals surface area (Å²) in [6, 6.07) is 2.68. The molecule has 100 valence electrons. The molecule has 2 heterocycles. The maximum absolute atomic E-state index is 5.69. The molecule has 1 saturated heterocycles. The first kappa shape index (κ1) is 13.1. The van der Waals surface area contributed by atoms with Crippen molar-refractivity contribution in [3.63, 3.8) is 0 Å². The fourth-order valence-corrected chi connectivity index (χ4v) is 2.56. The first-order chi connectivity index (χ1) is 8.75. The number of aromatic nitrogens is 1. The molecule has 0 aliphatic carbocycles. The smallest absolute Gasteiger partial charge is 0.0547 e. The second-order valence-corrected chi connectivity index (χ2v) is 5.17. The van der Waals surface area contributed by atoms with E-state index in [1.165, 1.54) is 38.8 Å². The van der Waals surface area contributed by atoms with Gasteiger partial charge in [-0.3, -0.25) is 4.98 Å². The third kappa shape index (κ3) is 3.88. The zero-order valence-electron chi connectivity index (χ0n) is 11.2. The van der Waals surface area contributed by atoms with Gasteiger partial charge in [0.2, 0.25) is 0 Å². The molecule has 1 aromatic heterocycles. The van der Waals surface area contributed by atoms with E-state index in [1.54, 1.807) is 6.20 Å². The molecular weight excluding hydrogens is 224 g/mol. The molecular formula is C14H24N4. The van der Waals surface area contributed by atoms with Crippen molar-refractivity contribution in [2.24, 2.45) is 0 Å². The van der Waals surface area contributed by atoms with E-state index in [-0.39, 0.29) is 0 Å². The minimum absolute atomic E-state index is 0.713. The first-order valence-corrected chi connectivity index (χ1v) is 6.94. The highest BCUT2D eigenvalue weighted by Crippen LogP contribution is 2.16. The summed E-state index contributed by atoms with van der Waals surface area (Å²) in [5.74, 6) is 0. The van der Waals surface area contributed by atoms with Crippen LogP contribution < -0.4 is 11.1 Å². The second-order valence-electron chi connectivity index (χ2n) is 5.17. The quantitative estimate of drug-likeness (QED) is 0.785. The predicted octanol–water partition coefficient (Wildman–Crippen LogP) is 2.34. The Morgan fingerprint density at radius 3 is 3.11 bits per heavy atom. The Morgan fingerprint density at radius 1 is 1.44 bits per heavy atom. The Morgan fingerprint density at radius 2 is 2.33 bits per heavy atom. The molecule has 4 heteroatoms. The third-order valence-electron chi connectivity index (χ3n) is 3.65. The third-order valence-corrected chi connectivity index (χ3v) is 3.65. The molecule has 0 spiro atoms. The van der Waals surface area contributed by atoms with E-state index < -0.39 is 0 Å². The number of nitrogens with zero attached hydrogens (tertiary/aromatic N) is 2. The molecule has 0 radical (unpaired) electrons. The molecule has 3 N–H and O–H groups in total. The summed E-state index contributed by atoms with van der Waals surface area (Å²) in [6.45, 7) is 5.77. The minimum Gasteiger partial charge on any atom is -0.397 e. The highest BCUT2D eigenvalue weighted by Gasteiger charge is 2.16. The lowest BCUT2D eigenvalue weighted by Gasteiger charge is -2.33. The summed E-state index contributed by atoms with van der Waals surface area (Å²) in [6.07, 6.45) is 8.76. The molecule has 1 aliphatic rings. The van der Waals surface area contributed by atoms with Crippen LogP contribution in [0.1, 0.15) is 32.6 Å². The van der Waals surface area contributed by atoms with Crippen molar-refractivity contribution >= 4 is 11.4 Å². The normalized spacial score (nSPS) is 20.8. The standard InChI is InChI=1S/C14H24N4/c1-12-5-2-3-7-18(12)8-4-6-17-14-9-13(15)10-16-11-14/h9-12,17H,2-8,15H2,1H3. The van der Waals surface area contributed by atoms with Crippen LogP contribution in [-0.4, -0.2) is 35.6 Å². The Hall–Kier alpha value is -1.29. The summed E-state index contributed by atoms with van der Waals surface area (Å²) in [5.41, 5.74) is 7.42. The van der Waals surface area contributed by atoms with E-state index in [2.05, 4.69) is 22.1 Å². The van der Waals surface area contributed by atoms with Crippen molar-refractivity contribution in [3.8, 4) is 0 Å². The van der Waals surface area contributed by atoms with Crippen LogP contribution >= 0.6 is 0 Å². The van der Waals surface area contributed by atoms with Crippen molar-refractivity contribution < 1.29 is 0 Å². The predicted molar refractivity (Wildman–Crippen MR) is 76.6 cm³/mol. The Bertz CT molecular complexity index is 367. The van der Waals surface area contributed by atoms with E-state index >= 15 is 0 Å². The summed E-state index contributed by atoms with van der Waals surface area (Å²) in [4.78, 5) is 6.67. The summed E-state index contributed by atoms with van der Waals surface area (Å²) >= 11 is 0. The van der Waals surface area contributed by atoms with Crippen LogP contribution in [-0.2, 0) is 0 Å². The number of rotatable bonds is 5. The summed E-state index contributed by atoms with van der Waals surface area (Å²) < 4.78 is 0. The van der Waals surface area contributed by atoms with Gasteiger partial charge in [-0.25, -0.2) is 0 Å². The molecule has 0 bridgehead atoms. The molecule has 0 aromatic carbocycles. The van der Waals surface area contributed by atoms with Gasteiger partial charge in [0.1, 0.15) is 0 Å². The Balaban J connectivity index is 1.66. The van der Waals surface area contributed by atoms with Gasteiger partial charge in [0.15, 0.2) is 0 Å². The maximum Gasteiger partial charge on any atom is 0.0547 e. The molecule has 4 nitrogen and oxygen atoms in total. The number of nitrogen functional groups attached to an aromatic ring is 1. The SMILES string of the molecule is CC1CCCCN1CCCNc1cncc(N)c1. The summed E-state index contributed by atoms with van der Waals surface area (Å²) in [7, 11) is 0. The molecule has 1 atom stereocenters. The van der Waals surface area contributed by atoms with Crippen LogP contribution in [0.25, 0.3) is 0 Å². The number of pyridine rings is 1. The Labute approximate surface area is 110 Å². The van der Waals surface area contributed by atoms with E-state index in [0.29, 0.717) is 5.69 Å². The lowest BCUT2D eigenvalue weighted by molar-refractivity contribution is 0.160. The lowest BCUT2D eigenvalue weighted by Crippen LogP contribution is -2.38. The van der Waals surface area contributed by atoms with Crippen LogP contribution in [0.3, 0.4) is 0 Å². The number of likely N-dealkylation sites (tertiary alicyclic amines) is 1. The largest absolute Gasteiger partial charge is 0.397 e. The van der Waals surface area contributed by atoms with Crippen molar-refractivity contribution in [1.82, 2.24) is 9.88 Å². The zero-order valence-corrected chi connectivity index (χ0v) is 11.2. The van der Waals surface area contributed by atoms with Crippen LogP contribution in [0.5, 0.6) is 0 Å². The van der Waals surface area contributed by atoms with Gasteiger partial charge in [-0.15, -0.1) is 0 Å². The molecule has 0 amide bonds. The number of hydrogen-bond donors (Lipinski definition) is 2. The van der Waals surface area contributed by atoms with Gasteiger partial charge in [-0.2, -0.15) is 0 Å². The van der Waals surface area contributed by atoms with Crippen molar-refractivity contribution in [2.75, 3.05) is 30.7 Å². The van der Waals surface area contributed by atoms with Crippen LogP contribution in [0.4, 0.5) is 11.4 Å². The van der Waals surface area contributed by atoms with Crippen LogP contribution in [0.15, 0.2) is 18.5 Å². The molecule has 0 saturated carbocycles. The van der Waals surface area contributed by atoms with Gasteiger partial charge in [-0.1, -0.05) is 6.42 Å². The van der Waals surface area contributed by atoms with Gasteiger partial charge in [-0.05, 0) is 38.8 Å². The monoisotopic (exact) mass is 248 g/mol. The number of anilines is 2. The van der Waals surface area contributed by atoms with Gasteiger partial charge >= 0.3 is 0 Å².